The average Bonchev–Trinajstić information content (AvgIpc) is 3.02. The number of nitrogens with zero attached hydrogens (tertiary/aromatic N) is 1. The summed E-state index contributed by atoms with van der Waals surface area (Å²) in [6, 6.07) is 3.41. The topological polar surface area (TPSA) is 49.4 Å². The smallest absolute Gasteiger partial charge is 0.243 e. The Morgan fingerprint density at radius 1 is 1.38 bits per heavy atom. The van der Waals surface area contributed by atoms with Crippen LogP contribution in [0.15, 0.2) is 12.1 Å². The number of thiophene rings is 1. The summed E-state index contributed by atoms with van der Waals surface area (Å²) >= 11 is 8.99. The summed E-state index contributed by atoms with van der Waals surface area (Å²) in [5.41, 5.74) is 0. The van der Waals surface area contributed by atoms with E-state index in [-0.39, 0.29) is 23.8 Å². The predicted octanol–water partition coefficient (Wildman–Crippen LogP) is 2.72. The van der Waals surface area contributed by atoms with Gasteiger partial charge < -0.3 is 10.2 Å². The van der Waals surface area contributed by atoms with Crippen LogP contribution in [-0.2, 0) is 16.1 Å². The van der Waals surface area contributed by atoms with E-state index >= 15 is 0 Å². The van der Waals surface area contributed by atoms with Crippen LogP contribution in [-0.4, -0.2) is 34.4 Å². The summed E-state index contributed by atoms with van der Waals surface area (Å²) in [7, 11) is 0. The van der Waals surface area contributed by atoms with Crippen LogP contribution in [0.25, 0.3) is 0 Å². The van der Waals surface area contributed by atoms with Gasteiger partial charge in [0.15, 0.2) is 0 Å². The van der Waals surface area contributed by atoms with Crippen molar-refractivity contribution in [2.45, 2.75) is 31.8 Å². The third-order valence-corrected chi connectivity index (χ3v) is 6.23. The second-order valence-electron chi connectivity index (χ2n) is 5.38. The van der Waals surface area contributed by atoms with Gasteiger partial charge in [-0.1, -0.05) is 18.0 Å². The van der Waals surface area contributed by atoms with E-state index < -0.39 is 0 Å². The van der Waals surface area contributed by atoms with Crippen LogP contribution in [0, 0.1) is 5.92 Å². The molecule has 21 heavy (non-hydrogen) atoms. The fraction of sp³-hybridized carbons (Fsp3) is 0.571. The Morgan fingerprint density at radius 3 is 2.81 bits per heavy atom. The first kappa shape index (κ1) is 15.2. The van der Waals surface area contributed by atoms with Gasteiger partial charge in [0.1, 0.15) is 6.04 Å². The molecule has 114 valence electrons. The number of hydrogen-bond donors (Lipinski definition) is 1. The minimum absolute atomic E-state index is 0.0582. The highest BCUT2D eigenvalue weighted by atomic mass is 35.5. The second kappa shape index (κ2) is 6.58. The zero-order chi connectivity index (χ0) is 14.8. The molecule has 0 spiro atoms. The standard InChI is InChI=1S/C14H17ClN2O2S2/c15-12-5-4-10(21-12)6-16-13(18)11-7-20-8-17(11)14(19)9-2-1-3-9/h4-5,9,11H,1-3,6-8H2,(H,16,18)/t11-/m1/s1. The van der Waals surface area contributed by atoms with Gasteiger partial charge in [-0.2, -0.15) is 0 Å². The van der Waals surface area contributed by atoms with Crippen molar-refractivity contribution < 1.29 is 9.59 Å². The Balaban J connectivity index is 1.56. The summed E-state index contributed by atoms with van der Waals surface area (Å²) in [5.74, 6) is 1.58. The van der Waals surface area contributed by atoms with E-state index in [1.165, 1.54) is 11.3 Å². The van der Waals surface area contributed by atoms with E-state index in [1.54, 1.807) is 16.7 Å². The molecule has 0 bridgehead atoms. The van der Waals surface area contributed by atoms with Crippen LogP contribution in [0.4, 0.5) is 0 Å². The zero-order valence-electron chi connectivity index (χ0n) is 11.5. The minimum atomic E-state index is -0.321. The third-order valence-electron chi connectivity index (χ3n) is 3.99. The highest BCUT2D eigenvalue weighted by molar-refractivity contribution is 7.99. The largest absolute Gasteiger partial charge is 0.349 e. The van der Waals surface area contributed by atoms with Crippen LogP contribution in [0.2, 0.25) is 4.34 Å². The van der Waals surface area contributed by atoms with E-state index in [9.17, 15) is 9.59 Å². The van der Waals surface area contributed by atoms with Crippen molar-refractivity contribution in [1.29, 1.82) is 0 Å². The van der Waals surface area contributed by atoms with E-state index in [2.05, 4.69) is 5.32 Å². The fourth-order valence-corrected chi connectivity index (χ4v) is 4.70. The molecule has 1 atom stereocenters. The Morgan fingerprint density at radius 2 is 2.19 bits per heavy atom. The highest BCUT2D eigenvalue weighted by Crippen LogP contribution is 2.32. The fourth-order valence-electron chi connectivity index (χ4n) is 2.51. The van der Waals surface area contributed by atoms with E-state index in [1.807, 2.05) is 12.1 Å². The maximum absolute atomic E-state index is 12.3. The highest BCUT2D eigenvalue weighted by Gasteiger charge is 2.39. The molecule has 7 heteroatoms. The molecule has 2 heterocycles. The molecule has 1 saturated carbocycles. The quantitative estimate of drug-likeness (QED) is 0.913. The number of rotatable bonds is 4. The first-order valence-corrected chi connectivity index (χ1v) is 9.40. The second-order valence-corrected chi connectivity index (χ2v) is 8.17. The van der Waals surface area contributed by atoms with Gasteiger partial charge in [0, 0.05) is 16.5 Å². The molecule has 3 rings (SSSR count). The van der Waals surface area contributed by atoms with Crippen LogP contribution in [0.3, 0.4) is 0 Å². The van der Waals surface area contributed by atoms with Crippen molar-refractivity contribution in [3.63, 3.8) is 0 Å². The van der Waals surface area contributed by atoms with Crippen molar-refractivity contribution in [2.75, 3.05) is 11.6 Å². The van der Waals surface area contributed by atoms with Crippen LogP contribution in [0.1, 0.15) is 24.1 Å². The van der Waals surface area contributed by atoms with Crippen molar-refractivity contribution in [3.05, 3.63) is 21.3 Å². The van der Waals surface area contributed by atoms with Gasteiger partial charge in [-0.3, -0.25) is 9.59 Å². The van der Waals surface area contributed by atoms with Crippen molar-refractivity contribution in [1.82, 2.24) is 10.2 Å². The number of carbonyl (C=O) groups is 2. The molecule has 1 aromatic heterocycles. The lowest BCUT2D eigenvalue weighted by Gasteiger charge is -2.31. The summed E-state index contributed by atoms with van der Waals surface area (Å²) in [6.07, 6.45) is 3.08. The van der Waals surface area contributed by atoms with E-state index in [0.717, 1.165) is 28.5 Å². The van der Waals surface area contributed by atoms with Gasteiger partial charge in [0.2, 0.25) is 11.8 Å². The molecule has 1 N–H and O–H groups in total. The predicted molar refractivity (Wildman–Crippen MR) is 86.5 cm³/mol. The minimum Gasteiger partial charge on any atom is -0.349 e. The first-order valence-electron chi connectivity index (χ1n) is 7.05. The Bertz CT molecular complexity index is 545. The summed E-state index contributed by atoms with van der Waals surface area (Å²) in [6.45, 7) is 0.475. The van der Waals surface area contributed by atoms with E-state index in [0.29, 0.717) is 18.2 Å². The van der Waals surface area contributed by atoms with Crippen molar-refractivity contribution >= 4 is 46.5 Å². The van der Waals surface area contributed by atoms with Crippen LogP contribution in [0.5, 0.6) is 0 Å². The van der Waals surface area contributed by atoms with Crippen LogP contribution < -0.4 is 5.32 Å². The van der Waals surface area contributed by atoms with Gasteiger partial charge in [0.05, 0.1) is 16.8 Å². The van der Waals surface area contributed by atoms with Gasteiger partial charge >= 0.3 is 0 Å². The molecular formula is C14H17ClN2O2S2. The molecule has 1 aliphatic heterocycles. The molecule has 0 radical (unpaired) electrons. The first-order chi connectivity index (χ1) is 10.1. The normalized spacial score (nSPS) is 22.1. The van der Waals surface area contributed by atoms with Gasteiger partial charge in [-0.05, 0) is 25.0 Å². The summed E-state index contributed by atoms with van der Waals surface area (Å²) in [5, 5.41) is 2.92. The maximum Gasteiger partial charge on any atom is 0.243 e. The van der Waals surface area contributed by atoms with Crippen LogP contribution >= 0.6 is 34.7 Å². The molecule has 2 fully saturated rings. The lowest BCUT2D eigenvalue weighted by molar-refractivity contribution is -0.143. The number of carbonyl (C=O) groups excluding carboxylic acids is 2. The number of nitrogens with one attached hydrogen (secondary N) is 1. The van der Waals surface area contributed by atoms with Crippen molar-refractivity contribution in [2.24, 2.45) is 5.92 Å². The molecule has 0 unspecified atom stereocenters. The Labute approximate surface area is 137 Å². The third kappa shape index (κ3) is 3.38. The average molecular weight is 345 g/mol. The summed E-state index contributed by atoms with van der Waals surface area (Å²) in [4.78, 5) is 27.4. The number of hydrogen-bond acceptors (Lipinski definition) is 4. The molecule has 1 aromatic rings. The van der Waals surface area contributed by atoms with Gasteiger partial charge in [-0.25, -0.2) is 0 Å². The van der Waals surface area contributed by atoms with Gasteiger partial charge in [0.25, 0.3) is 0 Å². The molecule has 0 aromatic carbocycles. The maximum atomic E-state index is 12.3. The molecule has 1 saturated heterocycles. The van der Waals surface area contributed by atoms with E-state index in [4.69, 9.17) is 11.6 Å². The molecular weight excluding hydrogens is 328 g/mol. The monoisotopic (exact) mass is 344 g/mol. The molecule has 1 aliphatic carbocycles. The lowest BCUT2D eigenvalue weighted by atomic mass is 9.84. The van der Waals surface area contributed by atoms with Gasteiger partial charge in [-0.15, -0.1) is 23.1 Å². The zero-order valence-corrected chi connectivity index (χ0v) is 13.9. The Hall–Kier alpha value is -0.720. The lowest BCUT2D eigenvalue weighted by Crippen LogP contribution is -2.49. The number of halogens is 1. The van der Waals surface area contributed by atoms with Crippen molar-refractivity contribution in [3.8, 4) is 0 Å². The number of amides is 2. The Kier molecular flexibility index (Phi) is 4.76. The summed E-state index contributed by atoms with van der Waals surface area (Å²) < 4.78 is 0.720. The SMILES string of the molecule is O=C(NCc1ccc(Cl)s1)[C@H]1CSCN1C(=O)C1CCC1. The molecule has 2 amide bonds. The number of thioether (sulfide) groups is 1. The molecule has 4 nitrogen and oxygen atoms in total. The molecule has 2 aliphatic rings.